The summed E-state index contributed by atoms with van der Waals surface area (Å²) in [5.41, 5.74) is 0.521. The van der Waals surface area contributed by atoms with Crippen LogP contribution in [0.4, 0.5) is 13.2 Å². The molecule has 1 amide bonds. The maximum absolute atomic E-state index is 12.2. The van der Waals surface area contributed by atoms with Gasteiger partial charge in [-0.3, -0.25) is 4.79 Å². The van der Waals surface area contributed by atoms with Gasteiger partial charge in [-0.15, -0.1) is 24.5 Å². The predicted molar refractivity (Wildman–Crippen MR) is 75.9 cm³/mol. The highest BCUT2D eigenvalue weighted by atomic mass is 32.1. The Bertz CT molecular complexity index is 655. The van der Waals surface area contributed by atoms with Crippen LogP contribution in [0, 0.1) is 0 Å². The van der Waals surface area contributed by atoms with E-state index in [0.29, 0.717) is 15.3 Å². The molecule has 0 spiro atoms. The van der Waals surface area contributed by atoms with E-state index in [-0.39, 0.29) is 24.8 Å². The second kappa shape index (κ2) is 6.80. The van der Waals surface area contributed by atoms with Crippen LogP contribution in [0.2, 0.25) is 0 Å². The summed E-state index contributed by atoms with van der Waals surface area (Å²) >= 11 is 1.14. The van der Waals surface area contributed by atoms with Gasteiger partial charge in [-0.2, -0.15) is 0 Å². The topological polar surface area (TPSA) is 58.6 Å². The van der Waals surface area contributed by atoms with Crippen LogP contribution in [0.15, 0.2) is 36.4 Å². The van der Waals surface area contributed by atoms with Crippen molar-refractivity contribution in [3.8, 4) is 16.2 Å². The van der Waals surface area contributed by atoms with Gasteiger partial charge in [-0.05, 0) is 29.8 Å². The summed E-state index contributed by atoms with van der Waals surface area (Å²) in [6.07, 6.45) is -4.75. The highest BCUT2D eigenvalue weighted by molar-refractivity contribution is 7.17. The molecule has 0 fully saturated rings. The third kappa shape index (κ3) is 4.47. The standard InChI is InChI=1S/C14H12F3NO3S/c15-14(16,17)21-10-3-1-2-9(8-10)11-4-5-12(22-11)13(20)18-6-7-19/h1-5,8,19H,6-7H2,(H,18,20). The maximum Gasteiger partial charge on any atom is 0.573 e. The Balaban J connectivity index is 2.17. The van der Waals surface area contributed by atoms with E-state index in [1.54, 1.807) is 18.2 Å². The molecule has 0 radical (unpaired) electrons. The number of rotatable bonds is 5. The number of benzene rings is 1. The number of nitrogens with one attached hydrogen (secondary N) is 1. The van der Waals surface area contributed by atoms with E-state index in [9.17, 15) is 18.0 Å². The van der Waals surface area contributed by atoms with Gasteiger partial charge in [0.05, 0.1) is 11.5 Å². The lowest BCUT2D eigenvalue weighted by molar-refractivity contribution is -0.274. The van der Waals surface area contributed by atoms with Gasteiger partial charge in [0, 0.05) is 11.4 Å². The van der Waals surface area contributed by atoms with Crippen LogP contribution in [0.3, 0.4) is 0 Å². The molecule has 0 unspecified atom stereocenters. The number of hydrogen-bond acceptors (Lipinski definition) is 4. The number of hydrogen-bond donors (Lipinski definition) is 2. The fourth-order valence-corrected chi connectivity index (χ4v) is 2.64. The molecule has 0 aliphatic rings. The van der Waals surface area contributed by atoms with Crippen molar-refractivity contribution in [3.63, 3.8) is 0 Å². The molecule has 0 aliphatic heterocycles. The molecular formula is C14H12F3NO3S. The molecule has 0 bridgehead atoms. The zero-order valence-electron chi connectivity index (χ0n) is 11.2. The molecule has 1 heterocycles. The SMILES string of the molecule is O=C(NCCO)c1ccc(-c2cccc(OC(F)(F)F)c2)s1. The fourth-order valence-electron chi connectivity index (χ4n) is 1.72. The lowest BCUT2D eigenvalue weighted by atomic mass is 10.2. The summed E-state index contributed by atoms with van der Waals surface area (Å²) < 4.78 is 40.5. The van der Waals surface area contributed by atoms with Crippen molar-refractivity contribution in [2.75, 3.05) is 13.2 Å². The molecule has 1 aromatic heterocycles. The van der Waals surface area contributed by atoms with Crippen LogP contribution in [-0.2, 0) is 0 Å². The van der Waals surface area contributed by atoms with Crippen LogP contribution >= 0.6 is 11.3 Å². The number of aliphatic hydroxyl groups excluding tert-OH is 1. The molecule has 2 aromatic rings. The van der Waals surface area contributed by atoms with E-state index in [0.717, 1.165) is 11.3 Å². The minimum absolute atomic E-state index is 0.140. The van der Waals surface area contributed by atoms with Crippen molar-refractivity contribution in [3.05, 3.63) is 41.3 Å². The van der Waals surface area contributed by atoms with E-state index in [2.05, 4.69) is 10.1 Å². The predicted octanol–water partition coefficient (Wildman–Crippen LogP) is 3.04. The molecular weight excluding hydrogens is 319 g/mol. The molecule has 8 heteroatoms. The van der Waals surface area contributed by atoms with Crippen molar-refractivity contribution in [1.29, 1.82) is 0 Å². The molecule has 0 saturated heterocycles. The third-order valence-electron chi connectivity index (χ3n) is 2.58. The second-order valence-electron chi connectivity index (χ2n) is 4.22. The van der Waals surface area contributed by atoms with E-state index in [1.165, 1.54) is 18.2 Å². The van der Waals surface area contributed by atoms with Gasteiger partial charge in [0.15, 0.2) is 0 Å². The molecule has 0 atom stereocenters. The van der Waals surface area contributed by atoms with Gasteiger partial charge in [-0.25, -0.2) is 0 Å². The first-order valence-electron chi connectivity index (χ1n) is 6.24. The highest BCUT2D eigenvalue weighted by Crippen LogP contribution is 2.32. The first kappa shape index (κ1) is 16.3. The minimum atomic E-state index is -4.75. The molecule has 118 valence electrons. The minimum Gasteiger partial charge on any atom is -0.406 e. The van der Waals surface area contributed by atoms with Crippen molar-refractivity contribution in [1.82, 2.24) is 5.32 Å². The van der Waals surface area contributed by atoms with Gasteiger partial charge in [-0.1, -0.05) is 12.1 Å². The van der Waals surface area contributed by atoms with Gasteiger partial charge < -0.3 is 15.2 Å². The maximum atomic E-state index is 12.2. The highest BCUT2D eigenvalue weighted by Gasteiger charge is 2.31. The smallest absolute Gasteiger partial charge is 0.406 e. The number of amides is 1. The van der Waals surface area contributed by atoms with Crippen LogP contribution in [0.25, 0.3) is 10.4 Å². The Hall–Kier alpha value is -2.06. The number of carbonyl (C=O) groups is 1. The van der Waals surface area contributed by atoms with Crippen molar-refractivity contribution < 1.29 is 27.8 Å². The first-order valence-corrected chi connectivity index (χ1v) is 7.06. The quantitative estimate of drug-likeness (QED) is 0.885. The number of carbonyl (C=O) groups excluding carboxylic acids is 1. The van der Waals surface area contributed by atoms with E-state index >= 15 is 0 Å². The number of ether oxygens (including phenoxy) is 1. The lowest BCUT2D eigenvalue weighted by Crippen LogP contribution is -2.25. The summed E-state index contributed by atoms with van der Waals surface area (Å²) in [6, 6.07) is 8.76. The summed E-state index contributed by atoms with van der Waals surface area (Å²) in [5.74, 6) is -0.655. The number of alkyl halides is 3. The molecule has 0 saturated carbocycles. The molecule has 2 N–H and O–H groups in total. The van der Waals surface area contributed by atoms with Crippen LogP contribution in [0.1, 0.15) is 9.67 Å². The van der Waals surface area contributed by atoms with Crippen molar-refractivity contribution >= 4 is 17.2 Å². The average molecular weight is 331 g/mol. The molecule has 1 aromatic carbocycles. The normalized spacial score (nSPS) is 11.3. The Morgan fingerprint density at radius 3 is 2.73 bits per heavy atom. The van der Waals surface area contributed by atoms with Crippen LogP contribution in [0.5, 0.6) is 5.75 Å². The monoisotopic (exact) mass is 331 g/mol. The first-order chi connectivity index (χ1) is 10.4. The largest absolute Gasteiger partial charge is 0.573 e. The molecule has 0 aliphatic carbocycles. The fraction of sp³-hybridized carbons (Fsp3) is 0.214. The third-order valence-corrected chi connectivity index (χ3v) is 3.71. The zero-order chi connectivity index (χ0) is 16.2. The Kier molecular flexibility index (Phi) is 5.04. The second-order valence-corrected chi connectivity index (χ2v) is 5.30. The summed E-state index contributed by atoms with van der Waals surface area (Å²) in [6.45, 7) is -0.0260. The van der Waals surface area contributed by atoms with E-state index in [4.69, 9.17) is 5.11 Å². The van der Waals surface area contributed by atoms with E-state index < -0.39 is 6.36 Å². The Morgan fingerprint density at radius 2 is 2.05 bits per heavy atom. The van der Waals surface area contributed by atoms with Crippen molar-refractivity contribution in [2.24, 2.45) is 0 Å². The zero-order valence-corrected chi connectivity index (χ0v) is 12.0. The van der Waals surface area contributed by atoms with Gasteiger partial charge in [0.25, 0.3) is 5.91 Å². The Labute approximate surface area is 128 Å². The molecule has 2 rings (SSSR count). The summed E-state index contributed by atoms with van der Waals surface area (Å²) in [4.78, 5) is 12.8. The van der Waals surface area contributed by atoms with Crippen LogP contribution < -0.4 is 10.1 Å². The van der Waals surface area contributed by atoms with Gasteiger partial charge in [0.1, 0.15) is 5.75 Å². The average Bonchev–Trinajstić information content (AvgIpc) is 2.93. The van der Waals surface area contributed by atoms with Gasteiger partial charge in [0.2, 0.25) is 0 Å². The van der Waals surface area contributed by atoms with E-state index in [1.807, 2.05) is 0 Å². The summed E-state index contributed by atoms with van der Waals surface area (Å²) in [7, 11) is 0. The number of thiophene rings is 1. The summed E-state index contributed by atoms with van der Waals surface area (Å²) in [5, 5.41) is 11.2. The van der Waals surface area contributed by atoms with Gasteiger partial charge >= 0.3 is 6.36 Å². The van der Waals surface area contributed by atoms with Crippen LogP contribution in [-0.4, -0.2) is 30.5 Å². The Morgan fingerprint density at radius 1 is 1.27 bits per heavy atom. The number of aliphatic hydroxyl groups is 1. The number of halogens is 3. The molecule has 22 heavy (non-hydrogen) atoms. The lowest BCUT2D eigenvalue weighted by Gasteiger charge is -2.09. The van der Waals surface area contributed by atoms with Crippen molar-refractivity contribution in [2.45, 2.75) is 6.36 Å². The molecule has 4 nitrogen and oxygen atoms in total.